The Morgan fingerprint density at radius 3 is 2.73 bits per heavy atom. The van der Waals surface area contributed by atoms with Crippen LogP contribution in [0.1, 0.15) is 38.8 Å². The van der Waals surface area contributed by atoms with Crippen molar-refractivity contribution in [1.29, 1.82) is 0 Å². The second-order valence-electron chi connectivity index (χ2n) is 6.63. The van der Waals surface area contributed by atoms with Crippen molar-refractivity contribution in [2.45, 2.75) is 40.2 Å². The van der Waals surface area contributed by atoms with E-state index in [2.05, 4.69) is 10.6 Å². The third kappa shape index (κ3) is 5.51. The van der Waals surface area contributed by atoms with Crippen LogP contribution in [0.15, 0.2) is 18.2 Å². The van der Waals surface area contributed by atoms with Crippen LogP contribution in [-0.4, -0.2) is 37.6 Å². The van der Waals surface area contributed by atoms with Gasteiger partial charge in [0, 0.05) is 42.6 Å². The lowest BCUT2D eigenvalue weighted by Crippen LogP contribution is -2.35. The summed E-state index contributed by atoms with van der Waals surface area (Å²) in [7, 11) is 0. The van der Waals surface area contributed by atoms with Crippen molar-refractivity contribution in [2.24, 2.45) is 5.92 Å². The summed E-state index contributed by atoms with van der Waals surface area (Å²) in [6.45, 7) is 8.95. The van der Waals surface area contributed by atoms with Crippen LogP contribution in [0.5, 0.6) is 11.5 Å². The monoisotopic (exact) mass is 360 g/mol. The van der Waals surface area contributed by atoms with Gasteiger partial charge in [0.15, 0.2) is 0 Å². The molecule has 6 nitrogen and oxygen atoms in total. The molecular weight excluding hydrogens is 332 g/mol. The molecule has 1 aliphatic heterocycles. The summed E-state index contributed by atoms with van der Waals surface area (Å²) in [5, 5.41) is 5.50. The van der Waals surface area contributed by atoms with Crippen molar-refractivity contribution >= 4 is 17.9 Å². The SMILES string of the molecule is CCOc1cc2c(cc1/C=C/C(=O)NCCNC(=O)C(C)C)OC(C)C2. The molecule has 1 atom stereocenters. The van der Waals surface area contributed by atoms with Crippen molar-refractivity contribution in [3.8, 4) is 11.5 Å². The average molecular weight is 360 g/mol. The predicted molar refractivity (Wildman–Crippen MR) is 101 cm³/mol. The number of carbonyl (C=O) groups excluding carboxylic acids is 2. The molecule has 0 spiro atoms. The Balaban J connectivity index is 1.93. The summed E-state index contributed by atoms with van der Waals surface area (Å²) in [6.07, 6.45) is 4.21. The highest BCUT2D eigenvalue weighted by Gasteiger charge is 2.21. The highest BCUT2D eigenvalue weighted by molar-refractivity contribution is 5.92. The molecule has 0 radical (unpaired) electrons. The zero-order chi connectivity index (χ0) is 19.1. The summed E-state index contributed by atoms with van der Waals surface area (Å²) < 4.78 is 11.5. The molecule has 0 saturated carbocycles. The number of fused-ring (bicyclic) bond motifs is 1. The van der Waals surface area contributed by atoms with Crippen molar-refractivity contribution in [3.05, 3.63) is 29.3 Å². The molecule has 1 heterocycles. The summed E-state index contributed by atoms with van der Waals surface area (Å²) in [6, 6.07) is 3.90. The maximum atomic E-state index is 12.0. The number of amides is 2. The standard InChI is InChI=1S/C20H28N2O4/c1-5-25-17-12-16-10-14(4)26-18(16)11-15(17)6-7-19(23)21-8-9-22-20(24)13(2)3/h6-7,11-14H,5,8-10H2,1-4H3,(H,21,23)(H,22,24)/b7-6+. The molecule has 0 fully saturated rings. The lowest BCUT2D eigenvalue weighted by Gasteiger charge is -2.10. The fourth-order valence-corrected chi connectivity index (χ4v) is 2.67. The van der Waals surface area contributed by atoms with Gasteiger partial charge in [0.2, 0.25) is 11.8 Å². The molecule has 1 aromatic rings. The van der Waals surface area contributed by atoms with Crippen LogP contribution in [-0.2, 0) is 16.0 Å². The highest BCUT2D eigenvalue weighted by Crippen LogP contribution is 2.35. The van der Waals surface area contributed by atoms with E-state index in [1.54, 1.807) is 6.08 Å². The fraction of sp³-hybridized carbons (Fsp3) is 0.500. The zero-order valence-electron chi connectivity index (χ0n) is 15.9. The van der Waals surface area contributed by atoms with E-state index in [4.69, 9.17) is 9.47 Å². The van der Waals surface area contributed by atoms with Crippen LogP contribution in [0.2, 0.25) is 0 Å². The number of hydrogen-bond donors (Lipinski definition) is 2. The quantitative estimate of drug-likeness (QED) is 0.551. The van der Waals surface area contributed by atoms with Crippen LogP contribution < -0.4 is 20.1 Å². The number of carbonyl (C=O) groups is 2. The molecule has 1 aliphatic rings. The minimum absolute atomic E-state index is 0.0245. The first-order chi connectivity index (χ1) is 12.4. The van der Waals surface area contributed by atoms with Crippen molar-refractivity contribution < 1.29 is 19.1 Å². The smallest absolute Gasteiger partial charge is 0.244 e. The van der Waals surface area contributed by atoms with Gasteiger partial charge in [-0.15, -0.1) is 0 Å². The third-order valence-electron chi connectivity index (χ3n) is 3.99. The third-order valence-corrected chi connectivity index (χ3v) is 3.99. The molecule has 1 unspecified atom stereocenters. The van der Waals surface area contributed by atoms with E-state index in [0.29, 0.717) is 19.7 Å². The molecule has 2 rings (SSSR count). The molecule has 142 valence electrons. The van der Waals surface area contributed by atoms with E-state index in [0.717, 1.165) is 29.0 Å². The molecule has 0 aromatic heterocycles. The van der Waals surface area contributed by atoms with Gasteiger partial charge in [0.05, 0.1) is 6.61 Å². The Bertz CT molecular complexity index is 683. The van der Waals surface area contributed by atoms with Gasteiger partial charge >= 0.3 is 0 Å². The van der Waals surface area contributed by atoms with Crippen LogP contribution in [0.25, 0.3) is 6.08 Å². The second kappa shape index (κ2) is 9.27. The van der Waals surface area contributed by atoms with Gasteiger partial charge in [0.25, 0.3) is 0 Å². The molecule has 0 saturated heterocycles. The normalized spacial score (nSPS) is 15.7. The van der Waals surface area contributed by atoms with E-state index in [1.807, 2.05) is 39.8 Å². The van der Waals surface area contributed by atoms with Crippen LogP contribution in [0, 0.1) is 5.92 Å². The molecule has 2 N–H and O–H groups in total. The lowest BCUT2D eigenvalue weighted by molar-refractivity contribution is -0.124. The van der Waals surface area contributed by atoms with Gasteiger partial charge in [-0.05, 0) is 32.1 Å². The summed E-state index contributed by atoms with van der Waals surface area (Å²) in [5.74, 6) is 1.28. The van der Waals surface area contributed by atoms with Crippen molar-refractivity contribution in [3.63, 3.8) is 0 Å². The molecular formula is C20H28N2O4. The molecule has 0 aliphatic carbocycles. The Hall–Kier alpha value is -2.50. The molecule has 6 heteroatoms. The van der Waals surface area contributed by atoms with Crippen LogP contribution in [0.4, 0.5) is 0 Å². The van der Waals surface area contributed by atoms with E-state index >= 15 is 0 Å². The highest BCUT2D eigenvalue weighted by atomic mass is 16.5. The van der Waals surface area contributed by atoms with E-state index < -0.39 is 0 Å². The summed E-state index contributed by atoms with van der Waals surface area (Å²) in [5.41, 5.74) is 1.94. The topological polar surface area (TPSA) is 76.7 Å². The summed E-state index contributed by atoms with van der Waals surface area (Å²) in [4.78, 5) is 23.4. The average Bonchev–Trinajstić information content (AvgIpc) is 2.95. The lowest BCUT2D eigenvalue weighted by atomic mass is 10.1. The van der Waals surface area contributed by atoms with E-state index in [1.165, 1.54) is 6.08 Å². The van der Waals surface area contributed by atoms with Crippen molar-refractivity contribution in [2.75, 3.05) is 19.7 Å². The Morgan fingerprint density at radius 1 is 1.31 bits per heavy atom. The Morgan fingerprint density at radius 2 is 2.04 bits per heavy atom. The van der Waals surface area contributed by atoms with Gasteiger partial charge in [0.1, 0.15) is 17.6 Å². The summed E-state index contributed by atoms with van der Waals surface area (Å²) >= 11 is 0. The maximum Gasteiger partial charge on any atom is 0.244 e. The number of nitrogens with one attached hydrogen (secondary N) is 2. The molecule has 1 aromatic carbocycles. The van der Waals surface area contributed by atoms with Gasteiger partial charge < -0.3 is 20.1 Å². The number of hydrogen-bond acceptors (Lipinski definition) is 4. The number of benzene rings is 1. The number of rotatable bonds is 8. The minimum Gasteiger partial charge on any atom is -0.493 e. The molecule has 0 bridgehead atoms. The zero-order valence-corrected chi connectivity index (χ0v) is 15.9. The largest absolute Gasteiger partial charge is 0.493 e. The first-order valence-corrected chi connectivity index (χ1v) is 9.10. The maximum absolute atomic E-state index is 12.0. The van der Waals surface area contributed by atoms with Gasteiger partial charge in [-0.25, -0.2) is 0 Å². The molecule has 2 amide bonds. The fourth-order valence-electron chi connectivity index (χ4n) is 2.67. The first-order valence-electron chi connectivity index (χ1n) is 9.10. The van der Waals surface area contributed by atoms with Crippen molar-refractivity contribution in [1.82, 2.24) is 10.6 Å². The van der Waals surface area contributed by atoms with Crippen LogP contribution in [0.3, 0.4) is 0 Å². The van der Waals surface area contributed by atoms with E-state index in [9.17, 15) is 9.59 Å². The first kappa shape index (κ1) is 19.8. The van der Waals surface area contributed by atoms with Gasteiger partial charge in [-0.1, -0.05) is 13.8 Å². The second-order valence-corrected chi connectivity index (χ2v) is 6.63. The van der Waals surface area contributed by atoms with Crippen LogP contribution >= 0.6 is 0 Å². The molecule has 26 heavy (non-hydrogen) atoms. The minimum atomic E-state index is -0.221. The van der Waals surface area contributed by atoms with Gasteiger partial charge in [-0.3, -0.25) is 9.59 Å². The van der Waals surface area contributed by atoms with Gasteiger partial charge in [-0.2, -0.15) is 0 Å². The Labute approximate surface area is 154 Å². The van der Waals surface area contributed by atoms with E-state index in [-0.39, 0.29) is 23.8 Å². The Kier molecular flexibility index (Phi) is 7.06. The predicted octanol–water partition coefficient (Wildman–Crippen LogP) is 2.31. The number of ether oxygens (including phenoxy) is 2.